The molecule has 1 aromatic rings. The Kier molecular flexibility index (Phi) is 3.64. The third-order valence-electron chi connectivity index (χ3n) is 5.34. The zero-order chi connectivity index (χ0) is 14.2. The molecular weight excluding hydrogens is 246 g/mol. The second-order valence-corrected chi connectivity index (χ2v) is 7.56. The van der Waals surface area contributed by atoms with E-state index >= 15 is 0 Å². The fraction of sp³-hybridized carbons (Fsp3) is 0.667. The zero-order valence-corrected chi connectivity index (χ0v) is 12.8. The van der Waals surface area contributed by atoms with Crippen LogP contribution in [-0.2, 0) is 6.42 Å². The van der Waals surface area contributed by atoms with Gasteiger partial charge in [-0.25, -0.2) is 0 Å². The van der Waals surface area contributed by atoms with E-state index in [2.05, 4.69) is 43.4 Å². The average Bonchev–Trinajstić information content (AvgIpc) is 2.84. The number of aryl methyl sites for hydroxylation is 1. The van der Waals surface area contributed by atoms with Crippen molar-refractivity contribution in [3.63, 3.8) is 0 Å². The van der Waals surface area contributed by atoms with Gasteiger partial charge in [-0.1, -0.05) is 38.1 Å². The molecule has 1 atom stereocenters. The second-order valence-electron chi connectivity index (χ2n) is 7.56. The lowest BCUT2D eigenvalue weighted by Gasteiger charge is -2.40. The van der Waals surface area contributed by atoms with Crippen LogP contribution in [0.4, 0.5) is 0 Å². The van der Waals surface area contributed by atoms with Crippen molar-refractivity contribution in [1.82, 2.24) is 5.32 Å². The molecule has 110 valence electrons. The summed E-state index contributed by atoms with van der Waals surface area (Å²) in [6, 6.07) is 9.14. The molecule has 2 N–H and O–H groups in total. The molecule has 2 heteroatoms. The van der Waals surface area contributed by atoms with Crippen LogP contribution in [0.3, 0.4) is 0 Å². The summed E-state index contributed by atoms with van der Waals surface area (Å²) in [5, 5.41) is 14.4. The van der Waals surface area contributed by atoms with E-state index in [1.807, 2.05) is 0 Å². The molecule has 0 aromatic heterocycles. The number of benzene rings is 1. The average molecular weight is 273 g/mol. The normalized spacial score (nSPS) is 27.2. The third-order valence-corrected chi connectivity index (χ3v) is 5.34. The molecule has 0 spiro atoms. The SMILES string of the molecule is CC1(C)CCC(O)(CNC2CCc3ccccc32)CC1. The van der Waals surface area contributed by atoms with Gasteiger partial charge in [0.1, 0.15) is 0 Å². The maximum atomic E-state index is 10.7. The van der Waals surface area contributed by atoms with Crippen LogP contribution in [0.1, 0.15) is 63.1 Å². The van der Waals surface area contributed by atoms with Crippen LogP contribution in [-0.4, -0.2) is 17.3 Å². The van der Waals surface area contributed by atoms with E-state index in [0.29, 0.717) is 11.5 Å². The monoisotopic (exact) mass is 273 g/mol. The highest BCUT2D eigenvalue weighted by atomic mass is 16.3. The predicted octanol–water partition coefficient (Wildman–Crippen LogP) is 3.59. The largest absolute Gasteiger partial charge is 0.389 e. The highest BCUT2D eigenvalue weighted by Gasteiger charge is 2.37. The summed E-state index contributed by atoms with van der Waals surface area (Å²) in [5.41, 5.74) is 2.83. The van der Waals surface area contributed by atoms with Crippen molar-refractivity contribution in [2.24, 2.45) is 5.41 Å². The Labute approximate surface area is 122 Å². The number of hydrogen-bond donors (Lipinski definition) is 2. The molecule has 2 aliphatic rings. The minimum Gasteiger partial charge on any atom is -0.389 e. The van der Waals surface area contributed by atoms with Crippen LogP contribution in [0.5, 0.6) is 0 Å². The molecular formula is C18H27NO. The lowest BCUT2D eigenvalue weighted by molar-refractivity contribution is -0.0261. The maximum Gasteiger partial charge on any atom is 0.0772 e. The van der Waals surface area contributed by atoms with Crippen LogP contribution < -0.4 is 5.32 Å². The maximum absolute atomic E-state index is 10.7. The smallest absolute Gasteiger partial charge is 0.0772 e. The molecule has 3 rings (SSSR count). The van der Waals surface area contributed by atoms with Crippen LogP contribution in [0.15, 0.2) is 24.3 Å². The summed E-state index contributed by atoms with van der Waals surface area (Å²) < 4.78 is 0. The van der Waals surface area contributed by atoms with Crippen molar-refractivity contribution in [2.75, 3.05) is 6.54 Å². The summed E-state index contributed by atoms with van der Waals surface area (Å²) in [6.45, 7) is 5.36. The van der Waals surface area contributed by atoms with Crippen LogP contribution in [0.25, 0.3) is 0 Å². The molecule has 2 aliphatic carbocycles. The van der Waals surface area contributed by atoms with E-state index < -0.39 is 5.60 Å². The summed E-state index contributed by atoms with van der Waals surface area (Å²) in [4.78, 5) is 0. The van der Waals surface area contributed by atoms with Gasteiger partial charge in [-0.2, -0.15) is 0 Å². The topological polar surface area (TPSA) is 32.3 Å². The van der Waals surface area contributed by atoms with Crippen LogP contribution in [0, 0.1) is 5.41 Å². The highest BCUT2D eigenvalue weighted by molar-refractivity contribution is 5.34. The summed E-state index contributed by atoms with van der Waals surface area (Å²) >= 11 is 0. The molecule has 0 saturated heterocycles. The standard InChI is InChI=1S/C18H27NO/c1-17(2)9-11-18(20,12-10-17)13-19-16-8-7-14-5-3-4-6-15(14)16/h3-6,16,19-20H,7-13H2,1-2H3. The summed E-state index contributed by atoms with van der Waals surface area (Å²) in [7, 11) is 0. The highest BCUT2D eigenvalue weighted by Crippen LogP contribution is 2.40. The van der Waals surface area contributed by atoms with E-state index in [1.54, 1.807) is 0 Å². The zero-order valence-electron chi connectivity index (χ0n) is 12.8. The van der Waals surface area contributed by atoms with Gasteiger partial charge in [0.2, 0.25) is 0 Å². The number of aliphatic hydroxyl groups is 1. The Morgan fingerprint density at radius 3 is 2.60 bits per heavy atom. The molecule has 1 saturated carbocycles. The first kappa shape index (κ1) is 14.1. The number of nitrogens with one attached hydrogen (secondary N) is 1. The Balaban J connectivity index is 1.58. The molecule has 1 unspecified atom stereocenters. The van der Waals surface area contributed by atoms with Gasteiger partial charge in [-0.3, -0.25) is 0 Å². The van der Waals surface area contributed by atoms with Crippen LogP contribution >= 0.6 is 0 Å². The minimum absolute atomic E-state index is 0.409. The van der Waals surface area contributed by atoms with E-state index in [1.165, 1.54) is 24.0 Å². The first-order valence-corrected chi connectivity index (χ1v) is 8.01. The predicted molar refractivity (Wildman–Crippen MR) is 82.7 cm³/mol. The van der Waals surface area contributed by atoms with Gasteiger partial charge >= 0.3 is 0 Å². The number of fused-ring (bicyclic) bond motifs is 1. The fourth-order valence-electron chi connectivity index (χ4n) is 3.65. The lowest BCUT2D eigenvalue weighted by atomic mass is 9.71. The molecule has 2 nitrogen and oxygen atoms in total. The van der Waals surface area contributed by atoms with E-state index in [0.717, 1.165) is 32.2 Å². The van der Waals surface area contributed by atoms with E-state index in [4.69, 9.17) is 0 Å². The van der Waals surface area contributed by atoms with E-state index in [9.17, 15) is 5.11 Å². The quantitative estimate of drug-likeness (QED) is 0.882. The molecule has 0 radical (unpaired) electrons. The van der Waals surface area contributed by atoms with Crippen LogP contribution in [0.2, 0.25) is 0 Å². The van der Waals surface area contributed by atoms with Crippen molar-refractivity contribution in [3.05, 3.63) is 35.4 Å². The lowest BCUT2D eigenvalue weighted by Crippen LogP contribution is -2.45. The van der Waals surface area contributed by atoms with Gasteiger partial charge in [0.25, 0.3) is 0 Å². The third kappa shape index (κ3) is 2.91. The number of rotatable bonds is 3. The molecule has 0 aliphatic heterocycles. The van der Waals surface area contributed by atoms with Gasteiger partial charge in [0.05, 0.1) is 5.60 Å². The van der Waals surface area contributed by atoms with Gasteiger partial charge in [-0.05, 0) is 55.1 Å². The molecule has 1 aromatic carbocycles. The first-order valence-electron chi connectivity index (χ1n) is 8.01. The molecule has 0 bridgehead atoms. The van der Waals surface area contributed by atoms with Gasteiger partial charge in [0, 0.05) is 12.6 Å². The van der Waals surface area contributed by atoms with Crippen molar-refractivity contribution in [3.8, 4) is 0 Å². The molecule has 0 amide bonds. The molecule has 20 heavy (non-hydrogen) atoms. The Bertz CT molecular complexity index is 470. The van der Waals surface area contributed by atoms with Gasteiger partial charge < -0.3 is 10.4 Å². The first-order chi connectivity index (χ1) is 9.48. The molecule has 0 heterocycles. The van der Waals surface area contributed by atoms with Crippen molar-refractivity contribution >= 4 is 0 Å². The van der Waals surface area contributed by atoms with E-state index in [-0.39, 0.29) is 0 Å². The van der Waals surface area contributed by atoms with Crippen molar-refractivity contribution < 1.29 is 5.11 Å². The Hall–Kier alpha value is -0.860. The van der Waals surface area contributed by atoms with Crippen molar-refractivity contribution in [1.29, 1.82) is 0 Å². The number of hydrogen-bond acceptors (Lipinski definition) is 2. The second kappa shape index (κ2) is 5.16. The minimum atomic E-state index is -0.493. The van der Waals surface area contributed by atoms with Gasteiger partial charge in [0.15, 0.2) is 0 Å². The van der Waals surface area contributed by atoms with Crippen molar-refractivity contribution in [2.45, 2.75) is 64.0 Å². The Morgan fingerprint density at radius 1 is 1.15 bits per heavy atom. The Morgan fingerprint density at radius 2 is 1.85 bits per heavy atom. The molecule has 1 fully saturated rings. The summed E-state index contributed by atoms with van der Waals surface area (Å²) in [6.07, 6.45) is 6.46. The summed E-state index contributed by atoms with van der Waals surface area (Å²) in [5.74, 6) is 0. The fourth-order valence-corrected chi connectivity index (χ4v) is 3.65. The van der Waals surface area contributed by atoms with Gasteiger partial charge in [-0.15, -0.1) is 0 Å².